The zero-order valence-electron chi connectivity index (χ0n) is 8.75. The van der Waals surface area contributed by atoms with Gasteiger partial charge in [-0.15, -0.1) is 0 Å². The molecule has 1 aromatic heterocycles. The van der Waals surface area contributed by atoms with Crippen molar-refractivity contribution in [2.24, 2.45) is 0 Å². The molecule has 84 valence electrons. The first-order valence-corrected chi connectivity index (χ1v) is 4.47. The molecule has 4 nitrogen and oxygen atoms in total. The molecule has 15 heavy (non-hydrogen) atoms. The number of methoxy groups -OCH3 is 1. The van der Waals surface area contributed by atoms with E-state index >= 15 is 0 Å². The fourth-order valence-corrected chi connectivity index (χ4v) is 1.43. The summed E-state index contributed by atoms with van der Waals surface area (Å²) in [6.45, 7) is 0.533. The Morgan fingerprint density at radius 1 is 1.60 bits per heavy atom. The van der Waals surface area contributed by atoms with Crippen LogP contribution in [0.1, 0.15) is 35.2 Å². The van der Waals surface area contributed by atoms with Crippen molar-refractivity contribution in [2.75, 3.05) is 7.11 Å². The molecular formula is C9H12F2N2O2. The molecule has 0 fully saturated rings. The van der Waals surface area contributed by atoms with Crippen LogP contribution in [0, 0.1) is 6.92 Å². The molecule has 0 aromatic carbocycles. The Morgan fingerprint density at radius 2 is 2.20 bits per heavy atom. The largest absolute Gasteiger partial charge is 0.464 e. The quantitative estimate of drug-likeness (QED) is 0.728. The van der Waals surface area contributed by atoms with Crippen LogP contribution in [0.25, 0.3) is 0 Å². The average Bonchev–Trinajstić information content (AvgIpc) is 2.54. The number of halogens is 2. The third kappa shape index (κ3) is 1.98. The minimum Gasteiger partial charge on any atom is -0.464 e. The van der Waals surface area contributed by atoms with Crippen LogP contribution in [-0.4, -0.2) is 22.9 Å². The maximum atomic E-state index is 12.5. The molecule has 0 aliphatic heterocycles. The predicted octanol–water partition coefficient (Wildman–Crippen LogP) is 1.94. The molecule has 1 aromatic rings. The topological polar surface area (TPSA) is 44.1 Å². The van der Waals surface area contributed by atoms with Gasteiger partial charge in [0.25, 0.3) is 0 Å². The number of alkyl halides is 2. The third-order valence-corrected chi connectivity index (χ3v) is 2.19. The minimum atomic E-state index is -2.74. The van der Waals surface area contributed by atoms with E-state index in [2.05, 4.69) is 9.84 Å². The van der Waals surface area contributed by atoms with Gasteiger partial charge >= 0.3 is 12.5 Å². The van der Waals surface area contributed by atoms with E-state index in [1.54, 1.807) is 6.92 Å². The van der Waals surface area contributed by atoms with E-state index in [9.17, 15) is 13.6 Å². The second kappa shape index (κ2) is 4.37. The maximum Gasteiger partial charge on any atom is 0.358 e. The summed E-state index contributed by atoms with van der Waals surface area (Å²) in [6.07, 6.45) is 0.461. The van der Waals surface area contributed by atoms with Crippen molar-refractivity contribution in [2.45, 2.75) is 26.8 Å². The smallest absolute Gasteiger partial charge is 0.358 e. The number of ether oxygens (including phenoxy) is 1. The van der Waals surface area contributed by atoms with E-state index in [-0.39, 0.29) is 5.69 Å². The number of rotatable bonds is 3. The van der Waals surface area contributed by atoms with Gasteiger partial charge in [0, 0.05) is 11.3 Å². The molecule has 0 amide bonds. The summed E-state index contributed by atoms with van der Waals surface area (Å²) >= 11 is 0. The van der Waals surface area contributed by atoms with Crippen LogP contribution >= 0.6 is 0 Å². The number of hydrogen-bond donors (Lipinski definition) is 0. The van der Waals surface area contributed by atoms with Gasteiger partial charge in [-0.1, -0.05) is 6.92 Å². The molecule has 0 atom stereocenters. The van der Waals surface area contributed by atoms with E-state index in [0.29, 0.717) is 22.4 Å². The molecule has 0 radical (unpaired) electrons. The molecule has 0 aliphatic carbocycles. The Bertz CT molecular complexity index is 374. The second-order valence-corrected chi connectivity index (χ2v) is 2.98. The van der Waals surface area contributed by atoms with Crippen molar-refractivity contribution in [3.05, 3.63) is 17.0 Å². The lowest BCUT2D eigenvalue weighted by atomic mass is 10.1. The van der Waals surface area contributed by atoms with E-state index in [1.807, 2.05) is 0 Å². The zero-order chi connectivity index (χ0) is 11.6. The molecule has 1 rings (SSSR count). The summed E-state index contributed by atoms with van der Waals surface area (Å²) in [5.41, 5.74) is 0.771. The van der Waals surface area contributed by atoms with Crippen LogP contribution in [0.15, 0.2) is 0 Å². The Hall–Kier alpha value is -1.46. The number of aromatic nitrogens is 2. The molecule has 0 unspecified atom stereocenters. The Kier molecular flexibility index (Phi) is 3.39. The SMILES string of the molecule is CCc1c(C(=O)OC)nn(C(F)F)c1C. The highest BCUT2D eigenvalue weighted by atomic mass is 19.3. The highest BCUT2D eigenvalue weighted by Crippen LogP contribution is 2.20. The number of carbonyl (C=O) groups excluding carboxylic acids is 1. The van der Waals surface area contributed by atoms with Gasteiger partial charge < -0.3 is 4.74 Å². The van der Waals surface area contributed by atoms with E-state index in [4.69, 9.17) is 0 Å². The van der Waals surface area contributed by atoms with Gasteiger partial charge in [0.05, 0.1) is 7.11 Å². The van der Waals surface area contributed by atoms with Crippen molar-refractivity contribution in [1.82, 2.24) is 9.78 Å². The summed E-state index contributed by atoms with van der Waals surface area (Å²) in [5.74, 6) is -0.686. The number of nitrogens with zero attached hydrogens (tertiary/aromatic N) is 2. The van der Waals surface area contributed by atoms with Crippen molar-refractivity contribution in [3.63, 3.8) is 0 Å². The lowest BCUT2D eigenvalue weighted by Crippen LogP contribution is -2.06. The van der Waals surface area contributed by atoms with Crippen LogP contribution in [0.2, 0.25) is 0 Å². The van der Waals surface area contributed by atoms with Crippen molar-refractivity contribution < 1.29 is 18.3 Å². The van der Waals surface area contributed by atoms with E-state index in [1.165, 1.54) is 14.0 Å². The third-order valence-electron chi connectivity index (χ3n) is 2.19. The lowest BCUT2D eigenvalue weighted by molar-refractivity contribution is 0.0507. The van der Waals surface area contributed by atoms with E-state index < -0.39 is 12.5 Å². The van der Waals surface area contributed by atoms with Crippen LogP contribution in [0.3, 0.4) is 0 Å². The van der Waals surface area contributed by atoms with Gasteiger partial charge in [-0.2, -0.15) is 13.9 Å². The van der Waals surface area contributed by atoms with Crippen molar-refractivity contribution in [1.29, 1.82) is 0 Å². The molecule has 6 heteroatoms. The first-order chi connectivity index (χ1) is 7.02. The number of carbonyl (C=O) groups is 1. The monoisotopic (exact) mass is 218 g/mol. The van der Waals surface area contributed by atoms with Crippen LogP contribution in [-0.2, 0) is 11.2 Å². The molecular weight excluding hydrogens is 206 g/mol. The molecule has 0 spiro atoms. The zero-order valence-corrected chi connectivity index (χ0v) is 8.75. The standard InChI is InChI=1S/C9H12F2N2O2/c1-4-6-5(2)13(9(10)11)12-7(6)8(14)15-3/h9H,4H2,1-3H3. The van der Waals surface area contributed by atoms with Gasteiger partial charge in [-0.3, -0.25) is 0 Å². The summed E-state index contributed by atoms with van der Waals surface area (Å²) in [5, 5.41) is 3.54. The van der Waals surface area contributed by atoms with Crippen LogP contribution in [0.5, 0.6) is 0 Å². The minimum absolute atomic E-state index is 0.0298. The van der Waals surface area contributed by atoms with E-state index in [0.717, 1.165) is 0 Å². The Morgan fingerprint density at radius 3 is 2.60 bits per heavy atom. The molecule has 0 saturated heterocycles. The molecule has 1 heterocycles. The summed E-state index contributed by atoms with van der Waals surface area (Å²) < 4.78 is 29.9. The number of hydrogen-bond acceptors (Lipinski definition) is 3. The van der Waals surface area contributed by atoms with Gasteiger partial charge in [-0.25, -0.2) is 9.48 Å². The van der Waals surface area contributed by atoms with Gasteiger partial charge in [0.15, 0.2) is 5.69 Å². The first-order valence-electron chi connectivity index (χ1n) is 4.47. The predicted molar refractivity (Wildman–Crippen MR) is 48.9 cm³/mol. The Balaban J connectivity index is 3.27. The van der Waals surface area contributed by atoms with Crippen molar-refractivity contribution in [3.8, 4) is 0 Å². The highest BCUT2D eigenvalue weighted by molar-refractivity contribution is 5.89. The van der Waals surface area contributed by atoms with Crippen LogP contribution < -0.4 is 0 Å². The highest BCUT2D eigenvalue weighted by Gasteiger charge is 2.23. The fraction of sp³-hybridized carbons (Fsp3) is 0.556. The molecule has 0 bridgehead atoms. The average molecular weight is 218 g/mol. The maximum absolute atomic E-state index is 12.5. The summed E-state index contributed by atoms with van der Waals surface area (Å²) in [4.78, 5) is 11.2. The summed E-state index contributed by atoms with van der Waals surface area (Å²) in [6, 6.07) is 0. The second-order valence-electron chi connectivity index (χ2n) is 2.98. The molecule has 0 aliphatic rings. The Labute approximate surface area is 85.8 Å². The van der Waals surface area contributed by atoms with Crippen molar-refractivity contribution >= 4 is 5.97 Å². The van der Waals surface area contributed by atoms with Gasteiger partial charge in [0.2, 0.25) is 0 Å². The molecule has 0 N–H and O–H groups in total. The number of esters is 1. The fourth-order valence-electron chi connectivity index (χ4n) is 1.43. The lowest BCUT2D eigenvalue weighted by Gasteiger charge is -2.01. The normalized spacial score (nSPS) is 10.8. The van der Waals surface area contributed by atoms with Gasteiger partial charge in [-0.05, 0) is 13.3 Å². The first kappa shape index (κ1) is 11.6. The van der Waals surface area contributed by atoms with Crippen LogP contribution in [0.4, 0.5) is 8.78 Å². The van der Waals surface area contributed by atoms with Gasteiger partial charge in [0.1, 0.15) is 0 Å². The summed E-state index contributed by atoms with van der Waals surface area (Å²) in [7, 11) is 1.19. The molecule has 0 saturated carbocycles.